The van der Waals surface area contributed by atoms with Crippen molar-refractivity contribution in [3.63, 3.8) is 0 Å². The lowest BCUT2D eigenvalue weighted by Crippen LogP contribution is -2.41. The smallest absolute Gasteiger partial charge is 0.237 e. The van der Waals surface area contributed by atoms with Gasteiger partial charge in [-0.3, -0.25) is 9.59 Å². The van der Waals surface area contributed by atoms with E-state index in [0.29, 0.717) is 35.2 Å². The summed E-state index contributed by atoms with van der Waals surface area (Å²) in [6.07, 6.45) is 0.565. The largest absolute Gasteiger partial charge is 0.340 e. The minimum Gasteiger partial charge on any atom is -0.340 e. The molecule has 0 radical (unpaired) electrons. The zero-order valence-corrected chi connectivity index (χ0v) is 12.1. The van der Waals surface area contributed by atoms with Gasteiger partial charge in [0.2, 0.25) is 11.8 Å². The van der Waals surface area contributed by atoms with Crippen LogP contribution in [0.25, 0.3) is 0 Å². The minimum absolute atomic E-state index is 0.0497. The SMILES string of the molecule is NCC(=O)N1CC[C@]2(C1)C(=O)Nc1cc(Cl)c(Cl)cc12. The van der Waals surface area contributed by atoms with Gasteiger partial charge < -0.3 is 16.0 Å². The molecule has 2 aliphatic rings. The van der Waals surface area contributed by atoms with E-state index in [1.165, 1.54) is 0 Å². The third-order valence-electron chi connectivity index (χ3n) is 4.06. The number of carbonyl (C=O) groups is 2. The van der Waals surface area contributed by atoms with Crippen molar-refractivity contribution in [2.75, 3.05) is 25.0 Å². The van der Waals surface area contributed by atoms with Gasteiger partial charge in [0.05, 0.1) is 22.0 Å². The van der Waals surface area contributed by atoms with Crippen molar-refractivity contribution >= 4 is 40.7 Å². The number of nitrogens with two attached hydrogens (primary N) is 1. The average molecular weight is 314 g/mol. The molecule has 106 valence electrons. The number of likely N-dealkylation sites (tertiary alicyclic amines) is 1. The first-order valence-electron chi connectivity index (χ1n) is 6.27. The van der Waals surface area contributed by atoms with Crippen LogP contribution in [0.3, 0.4) is 0 Å². The monoisotopic (exact) mass is 313 g/mol. The topological polar surface area (TPSA) is 75.4 Å². The Kier molecular flexibility index (Phi) is 3.16. The number of carbonyl (C=O) groups excluding carboxylic acids is 2. The second-order valence-corrected chi connectivity index (χ2v) is 5.93. The molecule has 20 heavy (non-hydrogen) atoms. The number of rotatable bonds is 1. The van der Waals surface area contributed by atoms with E-state index in [4.69, 9.17) is 28.9 Å². The molecule has 0 aromatic heterocycles. The van der Waals surface area contributed by atoms with Gasteiger partial charge in [0.25, 0.3) is 0 Å². The molecular weight excluding hydrogens is 301 g/mol. The quantitative estimate of drug-likeness (QED) is 0.822. The second-order valence-electron chi connectivity index (χ2n) is 5.12. The standard InChI is InChI=1S/C13H13Cl2N3O2/c14-8-3-7-10(4-9(8)15)17-12(20)13(7)1-2-18(6-13)11(19)5-16/h3-4H,1-2,5-6,16H2,(H,17,20)/t13-/m1/s1. The summed E-state index contributed by atoms with van der Waals surface area (Å²) in [7, 11) is 0. The zero-order chi connectivity index (χ0) is 14.5. The molecule has 7 heteroatoms. The van der Waals surface area contributed by atoms with Crippen LogP contribution in [0.5, 0.6) is 0 Å². The second kappa shape index (κ2) is 4.62. The van der Waals surface area contributed by atoms with Crippen LogP contribution >= 0.6 is 23.2 Å². The van der Waals surface area contributed by atoms with Crippen LogP contribution < -0.4 is 11.1 Å². The summed E-state index contributed by atoms with van der Waals surface area (Å²) in [6, 6.07) is 3.37. The van der Waals surface area contributed by atoms with Gasteiger partial charge in [0, 0.05) is 18.8 Å². The van der Waals surface area contributed by atoms with Crippen molar-refractivity contribution in [1.29, 1.82) is 0 Å². The van der Waals surface area contributed by atoms with E-state index < -0.39 is 5.41 Å². The number of anilines is 1. The first kappa shape index (κ1) is 13.7. The Hall–Kier alpha value is -1.30. The summed E-state index contributed by atoms with van der Waals surface area (Å²) < 4.78 is 0. The molecule has 2 aliphatic heterocycles. The number of nitrogens with one attached hydrogen (secondary N) is 1. The summed E-state index contributed by atoms with van der Waals surface area (Å²) in [6.45, 7) is 0.800. The van der Waals surface area contributed by atoms with Crippen LogP contribution in [0.2, 0.25) is 10.0 Å². The lowest BCUT2D eigenvalue weighted by Gasteiger charge is -2.22. The fraction of sp³-hybridized carbons (Fsp3) is 0.385. The Bertz CT molecular complexity index is 620. The van der Waals surface area contributed by atoms with Gasteiger partial charge in [-0.25, -0.2) is 0 Å². The van der Waals surface area contributed by atoms with E-state index in [9.17, 15) is 9.59 Å². The molecule has 3 rings (SSSR count). The number of halogens is 2. The Morgan fingerprint density at radius 2 is 2.10 bits per heavy atom. The fourth-order valence-electron chi connectivity index (χ4n) is 2.97. The zero-order valence-electron chi connectivity index (χ0n) is 10.6. The molecule has 1 aromatic carbocycles. The Labute approximate surface area is 126 Å². The molecule has 1 spiro atoms. The maximum atomic E-state index is 12.4. The van der Waals surface area contributed by atoms with E-state index in [-0.39, 0.29) is 18.4 Å². The van der Waals surface area contributed by atoms with E-state index in [2.05, 4.69) is 5.32 Å². The number of hydrogen-bond donors (Lipinski definition) is 2. The third kappa shape index (κ3) is 1.81. The van der Waals surface area contributed by atoms with Gasteiger partial charge in [0.15, 0.2) is 0 Å². The molecule has 3 N–H and O–H groups in total. The molecular formula is C13H13Cl2N3O2. The maximum Gasteiger partial charge on any atom is 0.237 e. The summed E-state index contributed by atoms with van der Waals surface area (Å²) in [5.41, 5.74) is 6.14. The average Bonchev–Trinajstić information content (AvgIpc) is 2.97. The maximum absolute atomic E-state index is 12.4. The number of nitrogens with zero attached hydrogens (tertiary/aromatic N) is 1. The number of hydrogen-bond acceptors (Lipinski definition) is 3. The Morgan fingerprint density at radius 1 is 1.40 bits per heavy atom. The highest BCUT2D eigenvalue weighted by atomic mass is 35.5. The van der Waals surface area contributed by atoms with E-state index in [1.54, 1.807) is 17.0 Å². The van der Waals surface area contributed by atoms with Crippen LogP contribution in [0.1, 0.15) is 12.0 Å². The van der Waals surface area contributed by atoms with Gasteiger partial charge in [-0.1, -0.05) is 23.2 Å². The van der Waals surface area contributed by atoms with E-state index in [1.807, 2.05) is 0 Å². The van der Waals surface area contributed by atoms with Crippen LogP contribution in [-0.4, -0.2) is 36.3 Å². The molecule has 0 aliphatic carbocycles. The van der Waals surface area contributed by atoms with Gasteiger partial charge in [-0.2, -0.15) is 0 Å². The molecule has 0 unspecified atom stereocenters. The van der Waals surface area contributed by atoms with Crippen LogP contribution in [0, 0.1) is 0 Å². The van der Waals surface area contributed by atoms with Crippen LogP contribution in [-0.2, 0) is 15.0 Å². The van der Waals surface area contributed by atoms with Gasteiger partial charge >= 0.3 is 0 Å². The van der Waals surface area contributed by atoms with Crippen molar-refractivity contribution in [1.82, 2.24) is 4.90 Å². The first-order chi connectivity index (χ1) is 9.48. The minimum atomic E-state index is -0.728. The van der Waals surface area contributed by atoms with Crippen molar-refractivity contribution in [2.45, 2.75) is 11.8 Å². The molecule has 2 heterocycles. The van der Waals surface area contributed by atoms with Crippen LogP contribution in [0.4, 0.5) is 5.69 Å². The molecule has 5 nitrogen and oxygen atoms in total. The normalized spacial score (nSPS) is 24.1. The predicted molar refractivity (Wildman–Crippen MR) is 77.0 cm³/mol. The van der Waals surface area contributed by atoms with Crippen molar-refractivity contribution in [3.05, 3.63) is 27.7 Å². The summed E-state index contributed by atoms with van der Waals surface area (Å²) in [5, 5.41) is 3.63. The van der Waals surface area contributed by atoms with Gasteiger partial charge in [-0.15, -0.1) is 0 Å². The first-order valence-corrected chi connectivity index (χ1v) is 7.02. The number of fused-ring (bicyclic) bond motifs is 2. The lowest BCUT2D eigenvalue weighted by molar-refractivity contribution is -0.129. The summed E-state index contributed by atoms with van der Waals surface area (Å²) in [4.78, 5) is 25.7. The molecule has 1 atom stereocenters. The lowest BCUT2D eigenvalue weighted by atomic mass is 9.81. The van der Waals surface area contributed by atoms with E-state index >= 15 is 0 Å². The predicted octanol–water partition coefficient (Wildman–Crippen LogP) is 1.37. The van der Waals surface area contributed by atoms with Gasteiger partial charge in [-0.05, 0) is 24.1 Å². The van der Waals surface area contributed by atoms with Crippen LogP contribution in [0.15, 0.2) is 12.1 Å². The molecule has 2 amide bonds. The highest BCUT2D eigenvalue weighted by Crippen LogP contribution is 2.46. The van der Waals surface area contributed by atoms with Gasteiger partial charge in [0.1, 0.15) is 0 Å². The summed E-state index contributed by atoms with van der Waals surface area (Å²) >= 11 is 12.0. The molecule has 0 bridgehead atoms. The van der Waals surface area contributed by atoms with E-state index in [0.717, 1.165) is 5.56 Å². The highest BCUT2D eigenvalue weighted by molar-refractivity contribution is 6.42. The Balaban J connectivity index is 2.03. The molecule has 1 fully saturated rings. The number of amides is 2. The Morgan fingerprint density at radius 3 is 2.80 bits per heavy atom. The van der Waals surface area contributed by atoms with Crippen molar-refractivity contribution in [3.8, 4) is 0 Å². The summed E-state index contributed by atoms with van der Waals surface area (Å²) in [5.74, 6) is -0.263. The van der Waals surface area contributed by atoms with Crippen molar-refractivity contribution in [2.24, 2.45) is 5.73 Å². The fourth-order valence-corrected chi connectivity index (χ4v) is 3.29. The van der Waals surface area contributed by atoms with Crippen molar-refractivity contribution < 1.29 is 9.59 Å². The molecule has 1 aromatic rings. The third-order valence-corrected chi connectivity index (χ3v) is 4.78. The molecule has 0 saturated carbocycles. The number of benzene rings is 1. The highest BCUT2D eigenvalue weighted by Gasteiger charge is 2.52. The molecule has 1 saturated heterocycles.